The highest BCUT2D eigenvalue weighted by molar-refractivity contribution is 5.44. The van der Waals surface area contributed by atoms with Crippen LogP contribution in [0.15, 0.2) is 6.20 Å². The topological polar surface area (TPSA) is 42.4 Å². The van der Waals surface area contributed by atoms with E-state index in [-0.39, 0.29) is 12.7 Å². The van der Waals surface area contributed by atoms with Crippen molar-refractivity contribution in [2.75, 3.05) is 0 Å². The molecule has 70 valence electrons. The zero-order chi connectivity index (χ0) is 9.42. The molecule has 1 aliphatic heterocycles. The molecule has 2 heterocycles. The fourth-order valence-corrected chi connectivity index (χ4v) is 1.72. The van der Waals surface area contributed by atoms with Crippen LogP contribution in [0.3, 0.4) is 0 Å². The Morgan fingerprint density at radius 3 is 3.15 bits per heavy atom. The SMILES string of the molecule is Cc1ncc(CO)c2c1OC(C)C2. The largest absolute Gasteiger partial charge is 0.488 e. The maximum absolute atomic E-state index is 9.08. The molecule has 3 heteroatoms. The Morgan fingerprint density at radius 1 is 1.69 bits per heavy atom. The smallest absolute Gasteiger partial charge is 0.144 e. The second-order valence-corrected chi connectivity index (χ2v) is 3.47. The predicted octanol–water partition coefficient (Wildman–Crippen LogP) is 1.21. The van der Waals surface area contributed by atoms with Gasteiger partial charge in [-0.25, -0.2) is 0 Å². The average molecular weight is 179 g/mol. The molecule has 0 aliphatic carbocycles. The molecule has 0 spiro atoms. The van der Waals surface area contributed by atoms with Gasteiger partial charge in [0.1, 0.15) is 11.9 Å². The number of aryl methyl sites for hydroxylation is 1. The maximum Gasteiger partial charge on any atom is 0.144 e. The van der Waals surface area contributed by atoms with Gasteiger partial charge in [0.2, 0.25) is 0 Å². The van der Waals surface area contributed by atoms with Crippen molar-refractivity contribution in [3.05, 3.63) is 23.0 Å². The fraction of sp³-hybridized carbons (Fsp3) is 0.500. The molecule has 0 radical (unpaired) electrons. The predicted molar refractivity (Wildman–Crippen MR) is 48.7 cm³/mol. The number of hydrogen-bond acceptors (Lipinski definition) is 3. The molecule has 0 saturated heterocycles. The van der Waals surface area contributed by atoms with Gasteiger partial charge in [0, 0.05) is 23.7 Å². The second-order valence-electron chi connectivity index (χ2n) is 3.47. The summed E-state index contributed by atoms with van der Waals surface area (Å²) in [6.07, 6.45) is 2.83. The lowest BCUT2D eigenvalue weighted by atomic mass is 10.1. The molecule has 0 saturated carbocycles. The van der Waals surface area contributed by atoms with Gasteiger partial charge in [-0.05, 0) is 13.8 Å². The summed E-state index contributed by atoms with van der Waals surface area (Å²) >= 11 is 0. The standard InChI is InChI=1S/C10H13NO2/c1-6-3-9-8(5-12)4-11-7(2)10(9)13-6/h4,6,12H,3,5H2,1-2H3. The molecule has 1 atom stereocenters. The molecule has 0 fully saturated rings. The monoisotopic (exact) mass is 179 g/mol. The van der Waals surface area contributed by atoms with Crippen LogP contribution >= 0.6 is 0 Å². The molecule has 13 heavy (non-hydrogen) atoms. The molecule has 1 N–H and O–H groups in total. The van der Waals surface area contributed by atoms with E-state index < -0.39 is 0 Å². The van der Waals surface area contributed by atoms with Crippen molar-refractivity contribution in [3.8, 4) is 5.75 Å². The minimum atomic E-state index is 0.0473. The average Bonchev–Trinajstić information content (AvgIpc) is 2.48. The first-order chi connectivity index (χ1) is 6.22. The number of nitrogens with zero attached hydrogens (tertiary/aromatic N) is 1. The van der Waals surface area contributed by atoms with Gasteiger partial charge in [-0.1, -0.05) is 0 Å². The van der Waals surface area contributed by atoms with Crippen molar-refractivity contribution in [2.24, 2.45) is 0 Å². The van der Waals surface area contributed by atoms with Crippen LogP contribution in [0, 0.1) is 6.92 Å². The van der Waals surface area contributed by atoms with Gasteiger partial charge in [-0.2, -0.15) is 0 Å². The summed E-state index contributed by atoms with van der Waals surface area (Å²) < 4.78 is 5.61. The van der Waals surface area contributed by atoms with Crippen LogP contribution in [0.2, 0.25) is 0 Å². The highest BCUT2D eigenvalue weighted by atomic mass is 16.5. The van der Waals surface area contributed by atoms with E-state index in [1.807, 2.05) is 13.8 Å². The Kier molecular flexibility index (Phi) is 1.96. The van der Waals surface area contributed by atoms with E-state index in [9.17, 15) is 0 Å². The first-order valence-corrected chi connectivity index (χ1v) is 4.47. The van der Waals surface area contributed by atoms with Gasteiger partial charge < -0.3 is 9.84 Å². The molecule has 0 aromatic carbocycles. The Hall–Kier alpha value is -1.09. The van der Waals surface area contributed by atoms with Crippen LogP contribution in [0.25, 0.3) is 0 Å². The number of rotatable bonds is 1. The highest BCUT2D eigenvalue weighted by Crippen LogP contribution is 2.33. The third kappa shape index (κ3) is 1.29. The van der Waals surface area contributed by atoms with Crippen LogP contribution in [0.5, 0.6) is 5.75 Å². The fourth-order valence-electron chi connectivity index (χ4n) is 1.72. The summed E-state index contributed by atoms with van der Waals surface area (Å²) in [5.41, 5.74) is 2.93. The van der Waals surface area contributed by atoms with Gasteiger partial charge in [-0.15, -0.1) is 0 Å². The van der Waals surface area contributed by atoms with E-state index in [0.717, 1.165) is 29.0 Å². The summed E-state index contributed by atoms with van der Waals surface area (Å²) in [7, 11) is 0. The number of ether oxygens (including phenoxy) is 1. The van der Waals surface area contributed by atoms with E-state index in [1.54, 1.807) is 6.20 Å². The zero-order valence-corrected chi connectivity index (χ0v) is 7.87. The molecule has 2 rings (SSSR count). The van der Waals surface area contributed by atoms with Crippen molar-refractivity contribution < 1.29 is 9.84 Å². The Bertz CT molecular complexity index is 336. The number of aromatic nitrogens is 1. The number of aliphatic hydroxyl groups is 1. The van der Waals surface area contributed by atoms with Crippen LogP contribution in [-0.2, 0) is 13.0 Å². The molecular formula is C10H13NO2. The van der Waals surface area contributed by atoms with E-state index >= 15 is 0 Å². The molecule has 0 bridgehead atoms. The molecule has 1 aromatic heterocycles. The number of fused-ring (bicyclic) bond motifs is 1. The minimum Gasteiger partial charge on any atom is -0.488 e. The Balaban J connectivity index is 2.52. The van der Waals surface area contributed by atoms with Gasteiger partial charge in [0.25, 0.3) is 0 Å². The summed E-state index contributed by atoms with van der Waals surface area (Å²) in [6.45, 7) is 4.00. The van der Waals surface area contributed by atoms with Gasteiger partial charge in [-0.3, -0.25) is 4.98 Å². The van der Waals surface area contributed by atoms with Crippen molar-refractivity contribution in [3.63, 3.8) is 0 Å². The minimum absolute atomic E-state index is 0.0473. The van der Waals surface area contributed by atoms with Gasteiger partial charge in [0.05, 0.1) is 12.3 Å². The maximum atomic E-state index is 9.08. The van der Waals surface area contributed by atoms with E-state index in [1.165, 1.54) is 0 Å². The molecule has 1 aliphatic rings. The lowest BCUT2D eigenvalue weighted by molar-refractivity contribution is 0.252. The quantitative estimate of drug-likeness (QED) is 0.704. The molecular weight excluding hydrogens is 166 g/mol. The summed E-state index contributed by atoms with van der Waals surface area (Å²) in [6, 6.07) is 0. The van der Waals surface area contributed by atoms with Crippen molar-refractivity contribution in [1.82, 2.24) is 4.98 Å². The third-order valence-electron chi connectivity index (χ3n) is 2.39. The Labute approximate surface area is 77.4 Å². The third-order valence-corrected chi connectivity index (χ3v) is 2.39. The van der Waals surface area contributed by atoms with E-state index in [2.05, 4.69) is 4.98 Å². The normalized spacial score (nSPS) is 19.8. The number of pyridine rings is 1. The summed E-state index contributed by atoms with van der Waals surface area (Å²) in [4.78, 5) is 4.17. The zero-order valence-electron chi connectivity index (χ0n) is 7.87. The lowest BCUT2D eigenvalue weighted by Gasteiger charge is -2.06. The number of aliphatic hydroxyl groups excluding tert-OH is 1. The summed E-state index contributed by atoms with van der Waals surface area (Å²) in [5.74, 6) is 0.874. The molecule has 3 nitrogen and oxygen atoms in total. The van der Waals surface area contributed by atoms with Crippen molar-refractivity contribution in [1.29, 1.82) is 0 Å². The van der Waals surface area contributed by atoms with Crippen molar-refractivity contribution in [2.45, 2.75) is 33.0 Å². The summed E-state index contributed by atoms with van der Waals surface area (Å²) in [5, 5.41) is 9.08. The van der Waals surface area contributed by atoms with Crippen molar-refractivity contribution >= 4 is 0 Å². The Morgan fingerprint density at radius 2 is 2.46 bits per heavy atom. The number of hydrogen-bond donors (Lipinski definition) is 1. The highest BCUT2D eigenvalue weighted by Gasteiger charge is 2.23. The van der Waals surface area contributed by atoms with E-state index in [4.69, 9.17) is 9.84 Å². The van der Waals surface area contributed by atoms with Crippen LogP contribution in [-0.4, -0.2) is 16.2 Å². The van der Waals surface area contributed by atoms with Crippen LogP contribution in [0.1, 0.15) is 23.7 Å². The molecule has 1 unspecified atom stereocenters. The van der Waals surface area contributed by atoms with Crippen LogP contribution in [0.4, 0.5) is 0 Å². The van der Waals surface area contributed by atoms with Gasteiger partial charge >= 0.3 is 0 Å². The first-order valence-electron chi connectivity index (χ1n) is 4.47. The van der Waals surface area contributed by atoms with Crippen LogP contribution < -0.4 is 4.74 Å². The first kappa shape index (κ1) is 8.51. The lowest BCUT2D eigenvalue weighted by Crippen LogP contribution is -2.05. The second kappa shape index (κ2) is 3.00. The molecule has 1 aromatic rings. The van der Waals surface area contributed by atoms with Gasteiger partial charge in [0.15, 0.2) is 0 Å². The van der Waals surface area contributed by atoms with E-state index in [0.29, 0.717) is 0 Å². The molecule has 0 amide bonds.